The van der Waals surface area contributed by atoms with Crippen LogP contribution in [0.15, 0.2) is 66.0 Å². The van der Waals surface area contributed by atoms with E-state index in [0.717, 1.165) is 45.3 Å². The van der Waals surface area contributed by atoms with Crippen molar-refractivity contribution in [2.75, 3.05) is 22.5 Å². The third kappa shape index (κ3) is 2.31. The first-order chi connectivity index (χ1) is 12.8. The lowest BCUT2D eigenvalue weighted by Gasteiger charge is -2.26. The Hall–Kier alpha value is -3.67. The molecule has 26 heavy (non-hydrogen) atoms. The smallest absolute Gasteiger partial charge is 0.139 e. The summed E-state index contributed by atoms with van der Waals surface area (Å²) in [6.45, 7) is 0.704. The Balaban J connectivity index is 1.66. The highest BCUT2D eigenvalue weighted by atomic mass is 15.2. The van der Waals surface area contributed by atoms with E-state index in [1.54, 1.807) is 12.4 Å². The van der Waals surface area contributed by atoms with E-state index in [2.05, 4.69) is 20.2 Å². The molecule has 6 nitrogen and oxygen atoms in total. The van der Waals surface area contributed by atoms with E-state index in [-0.39, 0.29) is 0 Å². The lowest BCUT2D eigenvalue weighted by Crippen LogP contribution is -2.26. The summed E-state index contributed by atoms with van der Waals surface area (Å²) in [4.78, 5) is 15.6. The van der Waals surface area contributed by atoms with Crippen LogP contribution in [0.3, 0.4) is 0 Å². The van der Waals surface area contributed by atoms with E-state index in [4.69, 9.17) is 10.7 Å². The zero-order valence-corrected chi connectivity index (χ0v) is 13.9. The summed E-state index contributed by atoms with van der Waals surface area (Å²) in [7, 11) is 0. The average Bonchev–Trinajstić information content (AvgIpc) is 2.83. The fourth-order valence-corrected chi connectivity index (χ4v) is 3.34. The zero-order chi connectivity index (χ0) is 17.5. The fraction of sp³-hybridized carbons (Fsp3) is 0.0500. The number of hydrogen-bond donors (Lipinski definition) is 2. The summed E-state index contributed by atoms with van der Waals surface area (Å²) in [5.41, 5.74) is 12.7. The summed E-state index contributed by atoms with van der Waals surface area (Å²) >= 11 is 0. The molecule has 2 aromatic heterocycles. The van der Waals surface area contributed by atoms with Crippen LogP contribution in [0.2, 0.25) is 0 Å². The van der Waals surface area contributed by atoms with Crippen molar-refractivity contribution in [1.82, 2.24) is 9.97 Å². The lowest BCUT2D eigenvalue weighted by molar-refractivity contribution is 1.14. The van der Waals surface area contributed by atoms with Gasteiger partial charge in [0.25, 0.3) is 0 Å². The Bertz CT molecular complexity index is 1050. The molecule has 0 atom stereocenters. The summed E-state index contributed by atoms with van der Waals surface area (Å²) in [6, 6.07) is 13.8. The number of nitrogens with one attached hydrogen (secondary N) is 1. The summed E-state index contributed by atoms with van der Waals surface area (Å²) < 4.78 is 0. The van der Waals surface area contributed by atoms with E-state index >= 15 is 0 Å². The van der Waals surface area contributed by atoms with Crippen molar-refractivity contribution < 1.29 is 0 Å². The van der Waals surface area contributed by atoms with Crippen LogP contribution in [-0.4, -0.2) is 22.9 Å². The van der Waals surface area contributed by atoms with Crippen LogP contribution in [0.5, 0.6) is 0 Å². The van der Waals surface area contributed by atoms with Gasteiger partial charge in [-0.2, -0.15) is 0 Å². The fourth-order valence-electron chi connectivity index (χ4n) is 3.34. The highest BCUT2D eigenvalue weighted by Crippen LogP contribution is 2.41. The summed E-state index contributed by atoms with van der Waals surface area (Å²) in [6.07, 6.45) is 7.28. The van der Waals surface area contributed by atoms with E-state index in [1.807, 2.05) is 55.0 Å². The third-order valence-corrected chi connectivity index (χ3v) is 4.63. The number of fused-ring (bicyclic) bond motifs is 4. The van der Waals surface area contributed by atoms with Gasteiger partial charge in [0.05, 0.1) is 30.5 Å². The molecule has 5 rings (SSSR count). The van der Waals surface area contributed by atoms with Crippen molar-refractivity contribution in [3.05, 3.63) is 72.2 Å². The molecule has 0 spiro atoms. The Morgan fingerprint density at radius 2 is 1.88 bits per heavy atom. The number of anilines is 4. The van der Waals surface area contributed by atoms with Crippen molar-refractivity contribution in [1.29, 1.82) is 0 Å². The molecular weight excluding hydrogens is 324 g/mol. The van der Waals surface area contributed by atoms with Crippen LogP contribution in [0, 0.1) is 0 Å². The molecule has 0 aliphatic carbocycles. The van der Waals surface area contributed by atoms with E-state index < -0.39 is 0 Å². The number of pyridine rings is 2. The molecule has 2 aliphatic heterocycles. The first-order valence-electron chi connectivity index (χ1n) is 8.36. The van der Waals surface area contributed by atoms with E-state index in [1.165, 1.54) is 0 Å². The Kier molecular flexibility index (Phi) is 3.21. The number of hydrogen-bond acceptors (Lipinski definition) is 6. The van der Waals surface area contributed by atoms with Gasteiger partial charge >= 0.3 is 0 Å². The van der Waals surface area contributed by atoms with Crippen LogP contribution in [0.25, 0.3) is 11.3 Å². The molecular formula is C20H16N6. The Morgan fingerprint density at radius 3 is 2.77 bits per heavy atom. The van der Waals surface area contributed by atoms with Crippen molar-refractivity contribution in [3.8, 4) is 0 Å². The molecule has 0 radical (unpaired) electrons. The SMILES string of the molecule is Nc1ccc(N2C=NC3=C(C2)c2ccncc2Nc2ncccc23)cc1. The Labute approximate surface area is 150 Å². The maximum absolute atomic E-state index is 5.82. The quantitative estimate of drug-likeness (QED) is 0.663. The van der Waals surface area contributed by atoms with Gasteiger partial charge in [-0.15, -0.1) is 0 Å². The molecule has 4 heterocycles. The minimum Gasteiger partial charge on any atom is -0.399 e. The standard InChI is InChI=1S/C20H16N6/c21-13-3-5-14(6-4-13)26-11-17-15-7-9-22-10-18(15)25-20-16(2-1-8-23-20)19(17)24-12-26/h1-10,12H,11,21H2,(H,23,25). The van der Waals surface area contributed by atoms with Gasteiger partial charge in [0, 0.05) is 40.5 Å². The number of nitrogen functional groups attached to an aromatic ring is 1. The van der Waals surface area contributed by atoms with Crippen molar-refractivity contribution in [3.63, 3.8) is 0 Å². The number of nitrogens with zero attached hydrogens (tertiary/aromatic N) is 4. The van der Waals surface area contributed by atoms with Gasteiger partial charge in [-0.3, -0.25) is 4.98 Å². The maximum Gasteiger partial charge on any atom is 0.139 e. The van der Waals surface area contributed by atoms with Gasteiger partial charge in [0.1, 0.15) is 5.82 Å². The molecule has 3 aromatic rings. The van der Waals surface area contributed by atoms with E-state index in [9.17, 15) is 0 Å². The number of aliphatic imine (C=N–C) groups is 1. The molecule has 0 bridgehead atoms. The largest absolute Gasteiger partial charge is 0.399 e. The first kappa shape index (κ1) is 14.7. The van der Waals surface area contributed by atoms with Crippen LogP contribution in [0.1, 0.15) is 11.1 Å². The number of benzene rings is 1. The minimum absolute atomic E-state index is 0.704. The van der Waals surface area contributed by atoms with Crippen LogP contribution < -0.4 is 16.0 Å². The second kappa shape index (κ2) is 5.70. The highest BCUT2D eigenvalue weighted by Gasteiger charge is 2.26. The molecule has 1 aromatic carbocycles. The van der Waals surface area contributed by atoms with Crippen LogP contribution in [-0.2, 0) is 0 Å². The van der Waals surface area contributed by atoms with Crippen molar-refractivity contribution in [2.24, 2.45) is 4.99 Å². The molecule has 126 valence electrons. The second-order valence-corrected chi connectivity index (χ2v) is 6.24. The molecule has 0 amide bonds. The van der Waals surface area contributed by atoms with E-state index in [0.29, 0.717) is 6.54 Å². The number of rotatable bonds is 1. The number of aromatic nitrogens is 2. The van der Waals surface area contributed by atoms with Crippen molar-refractivity contribution in [2.45, 2.75) is 0 Å². The first-order valence-corrected chi connectivity index (χ1v) is 8.36. The molecule has 0 unspecified atom stereocenters. The van der Waals surface area contributed by atoms with Crippen molar-refractivity contribution >= 4 is 40.5 Å². The van der Waals surface area contributed by atoms with Crippen LogP contribution in [0.4, 0.5) is 22.9 Å². The molecule has 3 N–H and O–H groups in total. The summed E-state index contributed by atoms with van der Waals surface area (Å²) in [5, 5.41) is 3.40. The minimum atomic E-state index is 0.704. The van der Waals surface area contributed by atoms with Gasteiger partial charge in [-0.25, -0.2) is 9.98 Å². The van der Waals surface area contributed by atoms with Gasteiger partial charge in [-0.05, 0) is 42.5 Å². The maximum atomic E-state index is 5.82. The predicted octanol–water partition coefficient (Wildman–Crippen LogP) is 3.53. The topological polar surface area (TPSA) is 79.4 Å². The average molecular weight is 340 g/mol. The van der Waals surface area contributed by atoms with Crippen LogP contribution >= 0.6 is 0 Å². The molecule has 0 saturated heterocycles. The second-order valence-electron chi connectivity index (χ2n) is 6.24. The van der Waals surface area contributed by atoms with Gasteiger partial charge < -0.3 is 16.0 Å². The molecule has 2 aliphatic rings. The summed E-state index contributed by atoms with van der Waals surface area (Å²) in [5.74, 6) is 0.796. The normalized spacial score (nSPS) is 14.8. The molecule has 0 fully saturated rings. The number of nitrogens with two attached hydrogens (primary N) is 1. The van der Waals surface area contributed by atoms with Gasteiger partial charge in [0.2, 0.25) is 0 Å². The molecule has 0 saturated carbocycles. The molecule has 6 heteroatoms. The monoisotopic (exact) mass is 340 g/mol. The predicted molar refractivity (Wildman–Crippen MR) is 105 cm³/mol. The van der Waals surface area contributed by atoms with Gasteiger partial charge in [0.15, 0.2) is 0 Å². The van der Waals surface area contributed by atoms with Gasteiger partial charge in [-0.1, -0.05) is 0 Å². The third-order valence-electron chi connectivity index (χ3n) is 4.63. The highest BCUT2D eigenvalue weighted by molar-refractivity contribution is 6.06. The zero-order valence-electron chi connectivity index (χ0n) is 13.9. The lowest BCUT2D eigenvalue weighted by atomic mass is 9.99. The Morgan fingerprint density at radius 1 is 1.00 bits per heavy atom.